The van der Waals surface area contributed by atoms with E-state index in [1.54, 1.807) is 0 Å². The van der Waals surface area contributed by atoms with Crippen molar-refractivity contribution in [1.29, 1.82) is 0 Å². The van der Waals surface area contributed by atoms with E-state index in [0.717, 1.165) is 5.69 Å². The third kappa shape index (κ3) is 0.998. The number of fused-ring (bicyclic) bond motifs is 1. The molecule has 12 heavy (non-hydrogen) atoms. The fourth-order valence-electron chi connectivity index (χ4n) is 1.44. The molecule has 2 heterocycles. The van der Waals surface area contributed by atoms with Gasteiger partial charge in [-0.2, -0.15) is 0 Å². The molecule has 0 atom stereocenters. The lowest BCUT2D eigenvalue weighted by molar-refractivity contribution is 0.871. The van der Waals surface area contributed by atoms with Gasteiger partial charge in [0.05, 0.1) is 5.69 Å². The van der Waals surface area contributed by atoms with Crippen LogP contribution in [-0.4, -0.2) is 9.97 Å². The number of H-pyrrole nitrogens is 1. The Labute approximate surface area is 72.0 Å². The number of hydrogen-bond acceptors (Lipinski definition) is 1. The normalized spacial score (nSPS) is 11.2. The summed E-state index contributed by atoms with van der Waals surface area (Å²) in [4.78, 5) is 7.33. The van der Waals surface area contributed by atoms with Gasteiger partial charge in [0.1, 0.15) is 0 Å². The van der Waals surface area contributed by atoms with Gasteiger partial charge in [-0.3, -0.25) is 4.98 Å². The third-order valence-electron chi connectivity index (χ3n) is 2.12. The highest BCUT2D eigenvalue weighted by molar-refractivity contribution is 5.65. The maximum Gasteiger partial charge on any atom is 0.0865 e. The van der Waals surface area contributed by atoms with E-state index in [2.05, 4.69) is 29.9 Å². The smallest absolute Gasteiger partial charge is 0.0865 e. The zero-order valence-corrected chi connectivity index (χ0v) is 7.33. The summed E-state index contributed by atoms with van der Waals surface area (Å²) < 4.78 is 0. The second-order valence-corrected chi connectivity index (χ2v) is 3.31. The van der Waals surface area contributed by atoms with Crippen molar-refractivity contribution >= 4 is 0 Å². The Kier molecular flexibility index (Phi) is 1.61. The number of rotatable bonds is 1. The van der Waals surface area contributed by atoms with Gasteiger partial charge in [0.2, 0.25) is 0 Å². The molecule has 0 spiro atoms. The molecule has 0 saturated heterocycles. The highest BCUT2D eigenvalue weighted by Crippen LogP contribution is 2.28. The summed E-state index contributed by atoms with van der Waals surface area (Å²) in [6.45, 7) is 4.38. The molecule has 2 aliphatic heterocycles. The number of aromatic nitrogens is 2. The van der Waals surface area contributed by atoms with Crippen molar-refractivity contribution in [3.8, 4) is 11.3 Å². The minimum atomic E-state index is 0.553. The van der Waals surface area contributed by atoms with E-state index in [4.69, 9.17) is 0 Å². The van der Waals surface area contributed by atoms with Gasteiger partial charge in [0.25, 0.3) is 0 Å². The number of pyridine rings is 1. The summed E-state index contributed by atoms with van der Waals surface area (Å²) in [5.74, 6) is 0.553. The Morgan fingerprint density at radius 1 is 1.42 bits per heavy atom. The van der Waals surface area contributed by atoms with Gasteiger partial charge >= 0.3 is 0 Å². The fraction of sp³-hybridized carbons (Fsp3) is 0.300. The van der Waals surface area contributed by atoms with Crippen LogP contribution < -0.4 is 0 Å². The Hall–Kier alpha value is -1.31. The van der Waals surface area contributed by atoms with Gasteiger partial charge in [-0.15, -0.1) is 0 Å². The molecule has 62 valence electrons. The molecule has 2 nitrogen and oxygen atoms in total. The van der Waals surface area contributed by atoms with E-state index in [9.17, 15) is 0 Å². The van der Waals surface area contributed by atoms with E-state index >= 15 is 0 Å². The molecule has 0 bridgehead atoms. The van der Waals surface area contributed by atoms with Crippen molar-refractivity contribution in [1.82, 2.24) is 9.97 Å². The number of hydrogen-bond donors (Lipinski definition) is 1. The predicted molar refractivity (Wildman–Crippen MR) is 49.3 cm³/mol. The van der Waals surface area contributed by atoms with Crippen LogP contribution in [-0.2, 0) is 0 Å². The second kappa shape index (κ2) is 2.63. The predicted octanol–water partition coefficient (Wildman–Crippen LogP) is 2.64. The maximum absolute atomic E-state index is 4.31. The second-order valence-electron chi connectivity index (χ2n) is 3.31. The van der Waals surface area contributed by atoms with Crippen LogP contribution in [0.4, 0.5) is 0 Å². The zero-order chi connectivity index (χ0) is 8.55. The van der Waals surface area contributed by atoms with Crippen molar-refractivity contribution in [2.75, 3.05) is 0 Å². The van der Waals surface area contributed by atoms with Crippen LogP contribution in [0, 0.1) is 0 Å². The lowest BCUT2D eigenvalue weighted by Gasteiger charge is -2.04. The summed E-state index contributed by atoms with van der Waals surface area (Å²) in [7, 11) is 0. The van der Waals surface area contributed by atoms with E-state index < -0.39 is 0 Å². The van der Waals surface area contributed by atoms with Crippen LogP contribution in [0.2, 0.25) is 0 Å². The molecule has 0 saturated carbocycles. The number of aromatic amines is 1. The van der Waals surface area contributed by atoms with Gasteiger partial charge in [-0.1, -0.05) is 13.8 Å². The van der Waals surface area contributed by atoms with E-state index in [1.165, 1.54) is 11.1 Å². The summed E-state index contributed by atoms with van der Waals surface area (Å²) in [6.07, 6.45) is 5.83. The van der Waals surface area contributed by atoms with E-state index in [-0.39, 0.29) is 0 Å². The van der Waals surface area contributed by atoms with Crippen LogP contribution in [0.5, 0.6) is 0 Å². The molecular formula is C10H12N2. The van der Waals surface area contributed by atoms with Gasteiger partial charge < -0.3 is 4.98 Å². The number of nitrogens with one attached hydrogen (secondary N) is 1. The Morgan fingerprint density at radius 2 is 2.25 bits per heavy atom. The van der Waals surface area contributed by atoms with Crippen LogP contribution in [0.3, 0.4) is 0 Å². The molecule has 0 aromatic carbocycles. The third-order valence-corrected chi connectivity index (χ3v) is 2.12. The van der Waals surface area contributed by atoms with Crippen LogP contribution >= 0.6 is 0 Å². The van der Waals surface area contributed by atoms with Gasteiger partial charge in [0, 0.05) is 24.2 Å². The average molecular weight is 160 g/mol. The minimum Gasteiger partial charge on any atom is -0.366 e. The van der Waals surface area contributed by atoms with Crippen molar-refractivity contribution in [3.05, 3.63) is 30.2 Å². The molecule has 0 aliphatic carbocycles. The first-order chi connectivity index (χ1) is 5.79. The Balaban J connectivity index is 2.60. The van der Waals surface area contributed by atoms with Gasteiger partial charge in [-0.25, -0.2) is 0 Å². The summed E-state index contributed by atoms with van der Waals surface area (Å²) in [5, 5.41) is 0. The highest BCUT2D eigenvalue weighted by Gasteiger charge is 2.11. The molecule has 2 rings (SSSR count). The van der Waals surface area contributed by atoms with Crippen LogP contribution in [0.1, 0.15) is 25.3 Å². The molecule has 0 radical (unpaired) electrons. The molecule has 0 unspecified atom stereocenters. The first-order valence-corrected chi connectivity index (χ1v) is 4.20. The highest BCUT2D eigenvalue weighted by atomic mass is 14.7. The van der Waals surface area contributed by atoms with E-state index in [1.807, 2.05) is 18.6 Å². The monoisotopic (exact) mass is 160 g/mol. The molecule has 2 heteroatoms. The average Bonchev–Trinajstić information content (AvgIpc) is 2.47. The Bertz CT molecular complexity index is 349. The zero-order valence-electron chi connectivity index (χ0n) is 7.33. The molecule has 0 fully saturated rings. The van der Waals surface area contributed by atoms with Gasteiger partial charge in [-0.05, 0) is 17.5 Å². The maximum atomic E-state index is 4.31. The SMILES string of the molecule is CC(C)c1cnc2c[nH]ccc1-2. The van der Waals surface area contributed by atoms with E-state index in [0.29, 0.717) is 5.92 Å². The first kappa shape index (κ1) is 7.35. The molecule has 0 aromatic heterocycles. The molecule has 2 aliphatic rings. The van der Waals surface area contributed by atoms with Crippen LogP contribution in [0.25, 0.3) is 11.3 Å². The quantitative estimate of drug-likeness (QED) is 0.682. The van der Waals surface area contributed by atoms with Crippen LogP contribution in [0.15, 0.2) is 24.7 Å². The summed E-state index contributed by atoms with van der Waals surface area (Å²) >= 11 is 0. The Morgan fingerprint density at radius 3 is 3.00 bits per heavy atom. The lowest BCUT2D eigenvalue weighted by Crippen LogP contribution is -1.86. The van der Waals surface area contributed by atoms with Crippen molar-refractivity contribution in [3.63, 3.8) is 0 Å². The van der Waals surface area contributed by atoms with Gasteiger partial charge in [0.15, 0.2) is 0 Å². The molecule has 0 aromatic rings. The number of nitrogens with zero attached hydrogens (tertiary/aromatic N) is 1. The van der Waals surface area contributed by atoms with Crippen molar-refractivity contribution in [2.24, 2.45) is 0 Å². The molecule has 0 amide bonds. The largest absolute Gasteiger partial charge is 0.366 e. The standard InChI is InChI=1S/C10H12N2/c1-7(2)9-5-12-10-6-11-4-3-8(9)10/h3-7,11H,1-2H3. The topological polar surface area (TPSA) is 28.7 Å². The summed E-state index contributed by atoms with van der Waals surface area (Å²) in [5.41, 5.74) is 3.66. The fourth-order valence-corrected chi connectivity index (χ4v) is 1.44. The summed E-state index contributed by atoms with van der Waals surface area (Å²) in [6, 6.07) is 2.08. The lowest BCUT2D eigenvalue weighted by atomic mass is 10.0. The molecule has 1 N–H and O–H groups in total. The van der Waals surface area contributed by atoms with Crippen molar-refractivity contribution < 1.29 is 0 Å². The van der Waals surface area contributed by atoms with Crippen molar-refractivity contribution in [2.45, 2.75) is 19.8 Å². The molecular weight excluding hydrogens is 148 g/mol. The first-order valence-electron chi connectivity index (χ1n) is 4.20. The minimum absolute atomic E-state index is 0.553.